The SMILES string of the molecule is Cc1ccc(N2CCN([C@@H]3CCC(C)C3)CC2)cc1. The van der Waals surface area contributed by atoms with E-state index in [-0.39, 0.29) is 0 Å². The third kappa shape index (κ3) is 2.94. The van der Waals surface area contributed by atoms with Crippen LogP contribution in [0.3, 0.4) is 0 Å². The van der Waals surface area contributed by atoms with Crippen LogP contribution in [0.2, 0.25) is 0 Å². The van der Waals surface area contributed by atoms with E-state index in [0.29, 0.717) is 0 Å². The van der Waals surface area contributed by atoms with Crippen LogP contribution in [-0.2, 0) is 0 Å². The molecule has 104 valence electrons. The summed E-state index contributed by atoms with van der Waals surface area (Å²) in [7, 11) is 0. The number of anilines is 1. The Kier molecular flexibility index (Phi) is 3.79. The summed E-state index contributed by atoms with van der Waals surface area (Å²) in [6.07, 6.45) is 4.28. The highest BCUT2D eigenvalue weighted by Gasteiger charge is 2.29. The third-order valence-electron chi connectivity index (χ3n) is 4.90. The van der Waals surface area contributed by atoms with E-state index in [1.54, 1.807) is 0 Å². The van der Waals surface area contributed by atoms with Gasteiger partial charge in [0.15, 0.2) is 0 Å². The Balaban J connectivity index is 1.56. The Morgan fingerprint density at radius 1 is 0.947 bits per heavy atom. The molecular weight excluding hydrogens is 232 g/mol. The lowest BCUT2D eigenvalue weighted by molar-refractivity contribution is 0.184. The summed E-state index contributed by atoms with van der Waals surface area (Å²) in [6.45, 7) is 9.42. The number of piperazine rings is 1. The van der Waals surface area contributed by atoms with Crippen molar-refractivity contribution in [1.82, 2.24) is 4.90 Å². The second-order valence-corrected chi connectivity index (χ2v) is 6.43. The fraction of sp³-hybridized carbons (Fsp3) is 0.647. The quantitative estimate of drug-likeness (QED) is 0.803. The molecule has 2 atom stereocenters. The van der Waals surface area contributed by atoms with E-state index in [1.165, 1.54) is 56.7 Å². The number of aryl methyl sites for hydroxylation is 1. The number of benzene rings is 1. The van der Waals surface area contributed by atoms with Gasteiger partial charge in [0.1, 0.15) is 0 Å². The molecule has 1 heterocycles. The van der Waals surface area contributed by atoms with Gasteiger partial charge in [0, 0.05) is 37.9 Å². The largest absolute Gasteiger partial charge is 0.369 e. The van der Waals surface area contributed by atoms with E-state index in [2.05, 4.69) is 47.9 Å². The van der Waals surface area contributed by atoms with Crippen LogP contribution in [0.5, 0.6) is 0 Å². The molecule has 1 aromatic rings. The molecule has 3 rings (SSSR count). The van der Waals surface area contributed by atoms with Gasteiger partial charge >= 0.3 is 0 Å². The summed E-state index contributed by atoms with van der Waals surface area (Å²) in [5.41, 5.74) is 2.74. The first-order valence-corrected chi connectivity index (χ1v) is 7.78. The molecule has 2 aliphatic rings. The highest BCUT2D eigenvalue weighted by atomic mass is 15.3. The Labute approximate surface area is 117 Å². The van der Waals surface area contributed by atoms with Gasteiger partial charge in [-0.1, -0.05) is 24.6 Å². The fourth-order valence-electron chi connectivity index (χ4n) is 3.61. The summed E-state index contributed by atoms with van der Waals surface area (Å²) in [6, 6.07) is 9.85. The van der Waals surface area contributed by atoms with E-state index in [1.807, 2.05) is 0 Å². The molecule has 0 N–H and O–H groups in total. The first kappa shape index (κ1) is 13.0. The maximum Gasteiger partial charge on any atom is 0.0367 e. The lowest BCUT2D eigenvalue weighted by atomic mass is 10.1. The molecule has 1 unspecified atom stereocenters. The lowest BCUT2D eigenvalue weighted by Gasteiger charge is -2.39. The average molecular weight is 258 g/mol. The van der Waals surface area contributed by atoms with Gasteiger partial charge in [0.05, 0.1) is 0 Å². The topological polar surface area (TPSA) is 6.48 Å². The molecule has 0 radical (unpaired) electrons. The molecule has 1 aromatic carbocycles. The number of hydrogen-bond acceptors (Lipinski definition) is 2. The smallest absolute Gasteiger partial charge is 0.0367 e. The molecule has 0 aromatic heterocycles. The highest BCUT2D eigenvalue weighted by molar-refractivity contribution is 5.47. The van der Waals surface area contributed by atoms with Crippen molar-refractivity contribution in [3.8, 4) is 0 Å². The van der Waals surface area contributed by atoms with Crippen LogP contribution >= 0.6 is 0 Å². The molecule has 1 saturated heterocycles. The van der Waals surface area contributed by atoms with Gasteiger partial charge in [-0.3, -0.25) is 4.90 Å². The summed E-state index contributed by atoms with van der Waals surface area (Å²) in [5.74, 6) is 0.945. The zero-order valence-electron chi connectivity index (χ0n) is 12.3. The molecule has 1 saturated carbocycles. The Morgan fingerprint density at radius 2 is 1.63 bits per heavy atom. The van der Waals surface area contributed by atoms with Gasteiger partial charge < -0.3 is 4.90 Å². The maximum absolute atomic E-state index is 2.73. The summed E-state index contributed by atoms with van der Waals surface area (Å²) >= 11 is 0. The van der Waals surface area contributed by atoms with E-state index >= 15 is 0 Å². The van der Waals surface area contributed by atoms with Gasteiger partial charge in [-0.15, -0.1) is 0 Å². The summed E-state index contributed by atoms with van der Waals surface area (Å²) in [4.78, 5) is 5.27. The van der Waals surface area contributed by atoms with E-state index in [9.17, 15) is 0 Å². The number of nitrogens with zero attached hydrogens (tertiary/aromatic N) is 2. The minimum Gasteiger partial charge on any atom is -0.369 e. The van der Waals surface area contributed by atoms with Crippen molar-refractivity contribution in [2.75, 3.05) is 31.1 Å². The summed E-state index contributed by atoms with van der Waals surface area (Å²) < 4.78 is 0. The maximum atomic E-state index is 2.73. The molecule has 19 heavy (non-hydrogen) atoms. The minimum absolute atomic E-state index is 0.871. The predicted octanol–water partition coefficient (Wildman–Crippen LogP) is 3.31. The first-order valence-electron chi connectivity index (χ1n) is 7.78. The van der Waals surface area contributed by atoms with Crippen molar-refractivity contribution in [2.24, 2.45) is 5.92 Å². The van der Waals surface area contributed by atoms with Crippen LogP contribution in [0.1, 0.15) is 31.7 Å². The van der Waals surface area contributed by atoms with Crippen molar-refractivity contribution in [1.29, 1.82) is 0 Å². The van der Waals surface area contributed by atoms with Crippen molar-refractivity contribution in [2.45, 2.75) is 39.2 Å². The zero-order chi connectivity index (χ0) is 13.2. The van der Waals surface area contributed by atoms with Gasteiger partial charge in [-0.25, -0.2) is 0 Å². The fourth-order valence-corrected chi connectivity index (χ4v) is 3.61. The van der Waals surface area contributed by atoms with E-state index in [4.69, 9.17) is 0 Å². The standard InChI is InChI=1S/C17H26N2/c1-14-3-6-16(7-4-14)18-9-11-19(12-10-18)17-8-5-15(2)13-17/h3-4,6-7,15,17H,5,8-13H2,1-2H3/t15?,17-/m1/s1. The van der Waals surface area contributed by atoms with Gasteiger partial charge in [-0.05, 0) is 44.2 Å². The molecule has 0 amide bonds. The third-order valence-corrected chi connectivity index (χ3v) is 4.90. The van der Waals surface area contributed by atoms with Crippen LogP contribution in [0.4, 0.5) is 5.69 Å². The second-order valence-electron chi connectivity index (χ2n) is 6.43. The molecule has 0 spiro atoms. The molecule has 1 aliphatic heterocycles. The molecule has 1 aliphatic carbocycles. The second kappa shape index (κ2) is 5.54. The first-order chi connectivity index (χ1) is 9.22. The highest BCUT2D eigenvalue weighted by Crippen LogP contribution is 2.29. The van der Waals surface area contributed by atoms with Crippen LogP contribution in [-0.4, -0.2) is 37.1 Å². The lowest BCUT2D eigenvalue weighted by Crippen LogP contribution is -2.49. The predicted molar refractivity (Wildman–Crippen MR) is 81.8 cm³/mol. The number of rotatable bonds is 2. The number of hydrogen-bond donors (Lipinski definition) is 0. The van der Waals surface area contributed by atoms with E-state index in [0.717, 1.165) is 12.0 Å². The Morgan fingerprint density at radius 3 is 2.21 bits per heavy atom. The van der Waals surface area contributed by atoms with Gasteiger partial charge in [-0.2, -0.15) is 0 Å². The van der Waals surface area contributed by atoms with Crippen molar-refractivity contribution in [3.05, 3.63) is 29.8 Å². The van der Waals surface area contributed by atoms with Crippen molar-refractivity contribution < 1.29 is 0 Å². The molecule has 0 bridgehead atoms. The normalized spacial score (nSPS) is 28.8. The monoisotopic (exact) mass is 258 g/mol. The average Bonchev–Trinajstić information content (AvgIpc) is 2.87. The van der Waals surface area contributed by atoms with Crippen molar-refractivity contribution >= 4 is 5.69 Å². The molecule has 2 heteroatoms. The van der Waals surface area contributed by atoms with Crippen molar-refractivity contribution in [3.63, 3.8) is 0 Å². The van der Waals surface area contributed by atoms with Crippen LogP contribution in [0, 0.1) is 12.8 Å². The van der Waals surface area contributed by atoms with E-state index < -0.39 is 0 Å². The van der Waals surface area contributed by atoms with Gasteiger partial charge in [0.2, 0.25) is 0 Å². The molecule has 2 nitrogen and oxygen atoms in total. The van der Waals surface area contributed by atoms with Crippen LogP contribution in [0.25, 0.3) is 0 Å². The molecular formula is C17H26N2. The zero-order valence-corrected chi connectivity index (χ0v) is 12.3. The minimum atomic E-state index is 0.871. The Hall–Kier alpha value is -1.02. The summed E-state index contributed by atoms with van der Waals surface area (Å²) in [5, 5.41) is 0. The van der Waals surface area contributed by atoms with Crippen LogP contribution < -0.4 is 4.90 Å². The van der Waals surface area contributed by atoms with Crippen LogP contribution in [0.15, 0.2) is 24.3 Å². The molecule has 2 fully saturated rings. The van der Waals surface area contributed by atoms with Gasteiger partial charge in [0.25, 0.3) is 0 Å². The Bertz CT molecular complexity index is 404.